The Morgan fingerprint density at radius 3 is 2.28 bits per heavy atom. The van der Waals surface area contributed by atoms with E-state index in [0.717, 1.165) is 18.8 Å². The first-order valence-electron chi connectivity index (χ1n) is 9.02. The quantitative estimate of drug-likeness (QED) is 0.361. The minimum absolute atomic E-state index is 0.0968. The second kappa shape index (κ2) is 10.3. The number of ether oxygens (including phenoxy) is 1. The van der Waals surface area contributed by atoms with Gasteiger partial charge in [-0.15, -0.1) is 0 Å². The molecule has 0 unspecified atom stereocenters. The molecule has 29 heavy (non-hydrogen) atoms. The molecule has 0 atom stereocenters. The van der Waals surface area contributed by atoms with E-state index in [1.54, 1.807) is 12.1 Å². The standard InChI is InChI=1S/C20H23ClN4O4/c1-3-25(4-2)15-8-5-13(6-9-15)19(27)24-23-18(26)12-29-20(28)16-10-7-14(21)11-17(16)22/h5-11H,3-4,12,22H2,1-2H3,(H,23,26)(H,24,27). The molecule has 0 spiro atoms. The van der Waals surface area contributed by atoms with Gasteiger partial charge in [0, 0.05) is 35.1 Å². The highest BCUT2D eigenvalue weighted by molar-refractivity contribution is 6.31. The van der Waals surface area contributed by atoms with Crippen molar-refractivity contribution >= 4 is 40.8 Å². The van der Waals surface area contributed by atoms with E-state index < -0.39 is 24.4 Å². The summed E-state index contributed by atoms with van der Waals surface area (Å²) in [7, 11) is 0. The van der Waals surface area contributed by atoms with Crippen LogP contribution in [0.3, 0.4) is 0 Å². The summed E-state index contributed by atoms with van der Waals surface area (Å²) >= 11 is 5.77. The second-order valence-electron chi connectivity index (χ2n) is 6.03. The summed E-state index contributed by atoms with van der Waals surface area (Å²) < 4.78 is 4.88. The van der Waals surface area contributed by atoms with Crippen molar-refractivity contribution in [2.75, 3.05) is 30.3 Å². The maximum absolute atomic E-state index is 12.1. The van der Waals surface area contributed by atoms with Gasteiger partial charge < -0.3 is 15.4 Å². The van der Waals surface area contributed by atoms with Crippen molar-refractivity contribution in [3.63, 3.8) is 0 Å². The fraction of sp³-hybridized carbons (Fsp3) is 0.250. The van der Waals surface area contributed by atoms with Crippen molar-refractivity contribution < 1.29 is 19.1 Å². The molecule has 0 fully saturated rings. The molecule has 0 aromatic heterocycles. The first-order chi connectivity index (χ1) is 13.8. The maximum atomic E-state index is 12.1. The Morgan fingerprint density at radius 2 is 1.69 bits per heavy atom. The summed E-state index contributed by atoms with van der Waals surface area (Å²) in [5.74, 6) is -1.95. The molecular formula is C20H23ClN4O4. The zero-order valence-electron chi connectivity index (χ0n) is 16.2. The van der Waals surface area contributed by atoms with Gasteiger partial charge in [0.25, 0.3) is 11.8 Å². The Bertz CT molecular complexity index is 883. The molecule has 0 radical (unpaired) electrons. The number of anilines is 2. The highest BCUT2D eigenvalue weighted by atomic mass is 35.5. The lowest BCUT2D eigenvalue weighted by Crippen LogP contribution is -2.43. The Morgan fingerprint density at radius 1 is 1.03 bits per heavy atom. The molecule has 0 heterocycles. The molecule has 0 saturated heterocycles. The van der Waals surface area contributed by atoms with Gasteiger partial charge in [-0.2, -0.15) is 0 Å². The van der Waals surface area contributed by atoms with E-state index in [-0.39, 0.29) is 11.3 Å². The highest BCUT2D eigenvalue weighted by Crippen LogP contribution is 2.18. The zero-order valence-corrected chi connectivity index (χ0v) is 17.0. The van der Waals surface area contributed by atoms with Crippen molar-refractivity contribution in [1.82, 2.24) is 10.9 Å². The Labute approximate surface area is 173 Å². The lowest BCUT2D eigenvalue weighted by molar-refractivity contribution is -0.125. The summed E-state index contributed by atoms with van der Waals surface area (Å²) in [5, 5.41) is 0.379. The van der Waals surface area contributed by atoms with E-state index in [1.807, 2.05) is 26.0 Å². The van der Waals surface area contributed by atoms with Crippen molar-refractivity contribution in [1.29, 1.82) is 0 Å². The van der Waals surface area contributed by atoms with Crippen molar-refractivity contribution in [3.05, 3.63) is 58.6 Å². The van der Waals surface area contributed by atoms with E-state index in [4.69, 9.17) is 22.1 Å². The first kappa shape index (κ1) is 22.0. The number of nitrogens with zero attached hydrogens (tertiary/aromatic N) is 1. The third kappa shape index (κ3) is 6.11. The molecule has 8 nitrogen and oxygen atoms in total. The van der Waals surface area contributed by atoms with E-state index in [1.165, 1.54) is 18.2 Å². The molecule has 154 valence electrons. The minimum Gasteiger partial charge on any atom is -0.452 e. The minimum atomic E-state index is -0.771. The summed E-state index contributed by atoms with van der Waals surface area (Å²) in [6.45, 7) is 5.24. The molecule has 9 heteroatoms. The maximum Gasteiger partial charge on any atom is 0.340 e. The smallest absolute Gasteiger partial charge is 0.340 e. The van der Waals surface area contributed by atoms with Gasteiger partial charge in [0.2, 0.25) is 0 Å². The number of carbonyl (C=O) groups excluding carboxylic acids is 3. The predicted molar refractivity (Wildman–Crippen MR) is 112 cm³/mol. The van der Waals surface area contributed by atoms with Crippen molar-refractivity contribution in [2.24, 2.45) is 0 Å². The van der Waals surface area contributed by atoms with Crippen LogP contribution in [0, 0.1) is 0 Å². The van der Waals surface area contributed by atoms with Crippen LogP contribution in [-0.2, 0) is 9.53 Å². The van der Waals surface area contributed by atoms with Crippen LogP contribution in [0.2, 0.25) is 5.02 Å². The van der Waals surface area contributed by atoms with E-state index >= 15 is 0 Å². The Balaban J connectivity index is 1.82. The number of hydrazine groups is 1. The Kier molecular flexibility index (Phi) is 7.85. The third-order valence-corrected chi connectivity index (χ3v) is 4.38. The molecule has 4 N–H and O–H groups in total. The van der Waals surface area contributed by atoms with Gasteiger partial charge in [-0.25, -0.2) is 4.79 Å². The molecule has 2 aromatic rings. The summed E-state index contributed by atoms with van der Waals surface area (Å²) in [6.07, 6.45) is 0. The molecule has 0 aliphatic heterocycles. The van der Waals surface area contributed by atoms with Crippen LogP contribution in [-0.4, -0.2) is 37.5 Å². The van der Waals surface area contributed by atoms with Crippen LogP contribution in [0.1, 0.15) is 34.6 Å². The van der Waals surface area contributed by atoms with Gasteiger partial charge in [-0.1, -0.05) is 11.6 Å². The summed E-state index contributed by atoms with van der Waals surface area (Å²) in [4.78, 5) is 38.0. The number of rotatable bonds is 7. The summed E-state index contributed by atoms with van der Waals surface area (Å²) in [5.41, 5.74) is 11.8. The monoisotopic (exact) mass is 418 g/mol. The number of halogens is 1. The van der Waals surface area contributed by atoms with Crippen LogP contribution in [0.4, 0.5) is 11.4 Å². The largest absolute Gasteiger partial charge is 0.452 e. The first-order valence-corrected chi connectivity index (χ1v) is 9.39. The number of carbonyl (C=O) groups is 3. The molecule has 0 aliphatic carbocycles. The van der Waals surface area contributed by atoms with E-state index in [2.05, 4.69) is 15.8 Å². The van der Waals surface area contributed by atoms with Crippen LogP contribution >= 0.6 is 11.6 Å². The number of nitrogen functional groups attached to an aromatic ring is 1. The molecule has 0 saturated carbocycles. The second-order valence-corrected chi connectivity index (χ2v) is 6.47. The lowest BCUT2D eigenvalue weighted by atomic mass is 10.2. The SMILES string of the molecule is CCN(CC)c1ccc(C(=O)NNC(=O)COC(=O)c2ccc(Cl)cc2N)cc1. The molecule has 2 amide bonds. The third-order valence-electron chi connectivity index (χ3n) is 4.14. The van der Waals surface area contributed by atoms with Gasteiger partial charge in [0.05, 0.1) is 5.56 Å². The van der Waals surface area contributed by atoms with Gasteiger partial charge in [-0.3, -0.25) is 20.4 Å². The molecule has 0 aliphatic rings. The molecule has 0 bridgehead atoms. The fourth-order valence-electron chi connectivity index (χ4n) is 2.58. The van der Waals surface area contributed by atoms with E-state index in [9.17, 15) is 14.4 Å². The average molecular weight is 419 g/mol. The van der Waals surface area contributed by atoms with E-state index in [0.29, 0.717) is 10.6 Å². The van der Waals surface area contributed by atoms with Gasteiger partial charge in [-0.05, 0) is 56.3 Å². The van der Waals surface area contributed by atoms with Crippen LogP contribution in [0.25, 0.3) is 0 Å². The average Bonchev–Trinajstić information content (AvgIpc) is 2.71. The van der Waals surface area contributed by atoms with Crippen LogP contribution in [0.5, 0.6) is 0 Å². The number of nitrogens with two attached hydrogens (primary N) is 1. The van der Waals surface area contributed by atoms with Crippen LogP contribution < -0.4 is 21.5 Å². The molecule has 2 aromatic carbocycles. The van der Waals surface area contributed by atoms with Crippen molar-refractivity contribution in [3.8, 4) is 0 Å². The lowest BCUT2D eigenvalue weighted by Gasteiger charge is -2.21. The highest BCUT2D eigenvalue weighted by Gasteiger charge is 2.14. The number of amides is 2. The number of hydrogen-bond acceptors (Lipinski definition) is 6. The topological polar surface area (TPSA) is 114 Å². The molecular weight excluding hydrogens is 396 g/mol. The van der Waals surface area contributed by atoms with Crippen LogP contribution in [0.15, 0.2) is 42.5 Å². The fourth-order valence-corrected chi connectivity index (χ4v) is 2.76. The Hall–Kier alpha value is -3.26. The summed E-state index contributed by atoms with van der Waals surface area (Å²) in [6, 6.07) is 11.3. The zero-order chi connectivity index (χ0) is 21.4. The number of benzene rings is 2. The van der Waals surface area contributed by atoms with Crippen molar-refractivity contribution in [2.45, 2.75) is 13.8 Å². The number of hydrogen-bond donors (Lipinski definition) is 3. The number of esters is 1. The van der Waals surface area contributed by atoms with Gasteiger partial charge in [0.15, 0.2) is 6.61 Å². The van der Waals surface area contributed by atoms with Gasteiger partial charge >= 0.3 is 5.97 Å². The predicted octanol–water partition coefficient (Wildman–Crippen LogP) is 2.39. The normalized spacial score (nSPS) is 10.2. The number of nitrogens with one attached hydrogen (secondary N) is 2. The molecule has 2 rings (SSSR count). The van der Waals surface area contributed by atoms with Gasteiger partial charge in [0.1, 0.15) is 0 Å².